The van der Waals surface area contributed by atoms with E-state index >= 15 is 0 Å². The standard InChI is InChI=1S/C26H27N3O3S/c1-4-6-15-32-21-13-11-20(16-22(21)31-5-2)17-23-25(30)29-26(33-23)27-24(28-29)14-12-19-9-7-18(3)8-10-19/h7-14,16-17H,4-6,15H2,1-3H3/b14-12+,23-17+. The predicted octanol–water partition coefficient (Wildman–Crippen LogP) is 4.76. The molecule has 2 aromatic heterocycles. The number of hydrogen-bond acceptors (Lipinski definition) is 6. The SMILES string of the molecule is CCCCOc1ccc(/C=c2/sc3nc(/C=C/c4ccc(C)cc4)nn3c2=O)cc1OCC. The van der Waals surface area contributed by atoms with Gasteiger partial charge in [0.05, 0.1) is 17.7 Å². The highest BCUT2D eigenvalue weighted by Gasteiger charge is 2.10. The Labute approximate surface area is 196 Å². The van der Waals surface area contributed by atoms with Crippen molar-refractivity contribution < 1.29 is 9.47 Å². The number of aryl methyl sites for hydroxylation is 1. The minimum absolute atomic E-state index is 0.182. The highest BCUT2D eigenvalue weighted by Crippen LogP contribution is 2.29. The van der Waals surface area contributed by atoms with Gasteiger partial charge in [-0.25, -0.2) is 0 Å². The van der Waals surface area contributed by atoms with Crippen molar-refractivity contribution in [2.24, 2.45) is 0 Å². The average molecular weight is 462 g/mol. The van der Waals surface area contributed by atoms with Crippen LogP contribution in [0.1, 0.15) is 49.2 Å². The summed E-state index contributed by atoms with van der Waals surface area (Å²) in [5.74, 6) is 1.91. The molecule has 0 aliphatic carbocycles. The van der Waals surface area contributed by atoms with Crippen molar-refractivity contribution in [2.45, 2.75) is 33.6 Å². The molecule has 170 valence electrons. The molecule has 0 bridgehead atoms. The van der Waals surface area contributed by atoms with Gasteiger partial charge in [-0.3, -0.25) is 4.79 Å². The molecule has 7 heteroatoms. The third-order valence-electron chi connectivity index (χ3n) is 5.02. The fourth-order valence-corrected chi connectivity index (χ4v) is 4.16. The summed E-state index contributed by atoms with van der Waals surface area (Å²) in [5.41, 5.74) is 2.95. The Morgan fingerprint density at radius 3 is 2.52 bits per heavy atom. The van der Waals surface area contributed by atoms with Gasteiger partial charge in [-0.05, 0) is 55.7 Å². The number of rotatable bonds is 9. The maximum absolute atomic E-state index is 12.9. The topological polar surface area (TPSA) is 65.7 Å². The third kappa shape index (κ3) is 5.49. The zero-order valence-corrected chi connectivity index (χ0v) is 19.9. The van der Waals surface area contributed by atoms with Crippen LogP contribution in [0.15, 0.2) is 47.3 Å². The Hall–Kier alpha value is -3.45. The molecule has 0 saturated heterocycles. The fourth-order valence-electron chi connectivity index (χ4n) is 3.25. The summed E-state index contributed by atoms with van der Waals surface area (Å²) < 4.78 is 13.5. The quantitative estimate of drug-likeness (QED) is 0.337. The second kappa shape index (κ2) is 10.4. The van der Waals surface area contributed by atoms with E-state index in [1.165, 1.54) is 21.4 Å². The number of aromatic nitrogens is 3. The summed E-state index contributed by atoms with van der Waals surface area (Å²) in [7, 11) is 0. The molecule has 0 aliphatic rings. The number of nitrogens with zero attached hydrogens (tertiary/aromatic N) is 3. The zero-order chi connectivity index (χ0) is 23.2. The van der Waals surface area contributed by atoms with Crippen molar-refractivity contribution in [1.29, 1.82) is 0 Å². The number of hydrogen-bond donors (Lipinski definition) is 0. The van der Waals surface area contributed by atoms with E-state index in [1.807, 2.05) is 55.5 Å². The van der Waals surface area contributed by atoms with E-state index in [1.54, 1.807) is 0 Å². The first kappa shape index (κ1) is 22.7. The van der Waals surface area contributed by atoms with Crippen LogP contribution in [-0.4, -0.2) is 27.8 Å². The van der Waals surface area contributed by atoms with Crippen LogP contribution in [0.5, 0.6) is 11.5 Å². The van der Waals surface area contributed by atoms with E-state index in [9.17, 15) is 4.79 Å². The summed E-state index contributed by atoms with van der Waals surface area (Å²) in [6.45, 7) is 7.30. The first-order chi connectivity index (χ1) is 16.1. The minimum atomic E-state index is -0.182. The Bertz CT molecular complexity index is 1370. The lowest BCUT2D eigenvalue weighted by atomic mass is 10.1. The van der Waals surface area contributed by atoms with E-state index in [0.29, 0.717) is 34.3 Å². The van der Waals surface area contributed by atoms with Gasteiger partial charge in [-0.15, -0.1) is 5.10 Å². The van der Waals surface area contributed by atoms with Gasteiger partial charge in [-0.1, -0.05) is 66.7 Å². The van der Waals surface area contributed by atoms with Crippen LogP contribution in [0.3, 0.4) is 0 Å². The molecule has 2 heterocycles. The van der Waals surface area contributed by atoms with Gasteiger partial charge < -0.3 is 9.47 Å². The minimum Gasteiger partial charge on any atom is -0.490 e. The van der Waals surface area contributed by atoms with Crippen LogP contribution in [0, 0.1) is 6.92 Å². The average Bonchev–Trinajstić information content (AvgIpc) is 3.34. The number of fused-ring (bicyclic) bond motifs is 1. The normalized spacial score (nSPS) is 12.2. The molecule has 2 aromatic carbocycles. The molecule has 0 radical (unpaired) electrons. The summed E-state index contributed by atoms with van der Waals surface area (Å²) in [4.78, 5) is 17.9. The van der Waals surface area contributed by atoms with E-state index < -0.39 is 0 Å². The molecule has 0 N–H and O–H groups in total. The van der Waals surface area contributed by atoms with Crippen LogP contribution in [0.25, 0.3) is 23.2 Å². The smallest absolute Gasteiger partial charge is 0.291 e. The number of ether oxygens (including phenoxy) is 2. The molecule has 0 amide bonds. The molecule has 0 aliphatic heterocycles. The lowest BCUT2D eigenvalue weighted by Crippen LogP contribution is -2.23. The van der Waals surface area contributed by atoms with Gasteiger partial charge in [0, 0.05) is 0 Å². The van der Waals surface area contributed by atoms with E-state index in [4.69, 9.17) is 9.47 Å². The van der Waals surface area contributed by atoms with Gasteiger partial charge in [-0.2, -0.15) is 9.50 Å². The molecule has 0 atom stereocenters. The molecule has 4 rings (SSSR count). The lowest BCUT2D eigenvalue weighted by molar-refractivity contribution is 0.272. The molecule has 6 nitrogen and oxygen atoms in total. The Morgan fingerprint density at radius 1 is 1.00 bits per heavy atom. The fraction of sp³-hybridized carbons (Fsp3) is 0.269. The van der Waals surface area contributed by atoms with Crippen LogP contribution in [0.4, 0.5) is 0 Å². The first-order valence-corrected chi connectivity index (χ1v) is 11.9. The molecule has 0 fully saturated rings. The van der Waals surface area contributed by atoms with Crippen LogP contribution in [0.2, 0.25) is 0 Å². The van der Waals surface area contributed by atoms with E-state index in [0.717, 1.165) is 29.7 Å². The second-order valence-corrected chi connectivity index (χ2v) is 8.67. The van der Waals surface area contributed by atoms with Crippen molar-refractivity contribution in [3.63, 3.8) is 0 Å². The summed E-state index contributed by atoms with van der Waals surface area (Å²) in [6.07, 6.45) is 7.65. The molecular formula is C26H27N3O3S. The number of unbranched alkanes of at least 4 members (excludes halogenated alkanes) is 1. The van der Waals surface area contributed by atoms with Crippen molar-refractivity contribution in [1.82, 2.24) is 14.6 Å². The Kier molecular flexibility index (Phi) is 7.19. The monoisotopic (exact) mass is 461 g/mol. The maximum atomic E-state index is 12.9. The summed E-state index contributed by atoms with van der Waals surface area (Å²) >= 11 is 1.32. The van der Waals surface area contributed by atoms with E-state index in [-0.39, 0.29) is 5.56 Å². The van der Waals surface area contributed by atoms with Gasteiger partial charge >= 0.3 is 0 Å². The molecule has 0 saturated carbocycles. The molecule has 33 heavy (non-hydrogen) atoms. The molecular weight excluding hydrogens is 434 g/mol. The van der Waals surface area contributed by atoms with Crippen molar-refractivity contribution in [2.75, 3.05) is 13.2 Å². The van der Waals surface area contributed by atoms with E-state index in [2.05, 4.69) is 36.1 Å². The van der Waals surface area contributed by atoms with Crippen molar-refractivity contribution in [3.05, 3.63) is 79.9 Å². The Morgan fingerprint density at radius 2 is 1.79 bits per heavy atom. The van der Waals surface area contributed by atoms with Gasteiger partial charge in [0.1, 0.15) is 0 Å². The number of benzene rings is 2. The number of thiazole rings is 1. The highest BCUT2D eigenvalue weighted by molar-refractivity contribution is 7.15. The van der Waals surface area contributed by atoms with Gasteiger partial charge in [0.2, 0.25) is 4.96 Å². The van der Waals surface area contributed by atoms with Crippen LogP contribution >= 0.6 is 11.3 Å². The molecule has 0 unspecified atom stereocenters. The van der Waals surface area contributed by atoms with Gasteiger partial charge in [0.15, 0.2) is 17.3 Å². The van der Waals surface area contributed by atoms with Gasteiger partial charge in [0.25, 0.3) is 5.56 Å². The highest BCUT2D eigenvalue weighted by atomic mass is 32.1. The third-order valence-corrected chi connectivity index (χ3v) is 5.98. The summed E-state index contributed by atoms with van der Waals surface area (Å²) in [5, 5.41) is 4.36. The van der Waals surface area contributed by atoms with Crippen molar-refractivity contribution in [3.8, 4) is 11.5 Å². The molecule has 4 aromatic rings. The largest absolute Gasteiger partial charge is 0.490 e. The summed E-state index contributed by atoms with van der Waals surface area (Å²) in [6, 6.07) is 13.9. The predicted molar refractivity (Wildman–Crippen MR) is 134 cm³/mol. The van der Waals surface area contributed by atoms with Crippen LogP contribution < -0.4 is 19.6 Å². The first-order valence-electron chi connectivity index (χ1n) is 11.1. The lowest BCUT2D eigenvalue weighted by Gasteiger charge is -2.12. The zero-order valence-electron chi connectivity index (χ0n) is 19.1. The molecule has 0 spiro atoms. The second-order valence-electron chi connectivity index (χ2n) is 7.67. The van der Waals surface area contributed by atoms with Crippen molar-refractivity contribution >= 4 is 34.5 Å². The Balaban J connectivity index is 1.59. The van der Waals surface area contributed by atoms with Crippen LogP contribution in [-0.2, 0) is 0 Å². The maximum Gasteiger partial charge on any atom is 0.291 e.